The van der Waals surface area contributed by atoms with Gasteiger partial charge < -0.3 is 14.5 Å². The number of halogens is 1. The highest BCUT2D eigenvalue weighted by Crippen LogP contribution is 2.25. The van der Waals surface area contributed by atoms with Gasteiger partial charge in [-0.15, -0.1) is 0 Å². The van der Waals surface area contributed by atoms with Crippen molar-refractivity contribution in [3.63, 3.8) is 0 Å². The van der Waals surface area contributed by atoms with E-state index in [9.17, 15) is 4.79 Å². The van der Waals surface area contributed by atoms with E-state index >= 15 is 0 Å². The minimum absolute atomic E-state index is 0.0156. The SMILES string of the molecule is CCN(CC)C(=O)N1CCCC(Oc2ccncc2Cl)C1. The van der Waals surface area contributed by atoms with Gasteiger partial charge in [-0.3, -0.25) is 4.98 Å². The number of nitrogens with zero attached hydrogens (tertiary/aromatic N) is 3. The maximum atomic E-state index is 12.4. The number of likely N-dealkylation sites (tertiary alicyclic amines) is 1. The van der Waals surface area contributed by atoms with Gasteiger partial charge in [0.15, 0.2) is 0 Å². The van der Waals surface area contributed by atoms with E-state index in [2.05, 4.69) is 4.98 Å². The lowest BCUT2D eigenvalue weighted by Crippen LogP contribution is -2.50. The lowest BCUT2D eigenvalue weighted by molar-refractivity contribution is 0.0864. The van der Waals surface area contributed by atoms with E-state index in [-0.39, 0.29) is 12.1 Å². The van der Waals surface area contributed by atoms with E-state index in [1.165, 1.54) is 0 Å². The Morgan fingerprint density at radius 3 is 2.95 bits per heavy atom. The standard InChI is InChI=1S/C15H22ClN3O2/c1-3-18(4-2)15(20)19-9-5-6-12(11-19)21-14-7-8-17-10-13(14)16/h7-8,10,12H,3-6,9,11H2,1-2H3. The van der Waals surface area contributed by atoms with E-state index in [1.807, 2.05) is 23.6 Å². The van der Waals surface area contributed by atoms with E-state index in [4.69, 9.17) is 16.3 Å². The molecule has 0 spiro atoms. The first-order valence-corrected chi connectivity index (χ1v) is 7.83. The third kappa shape index (κ3) is 4.00. The number of ether oxygens (including phenoxy) is 1. The molecule has 0 aliphatic carbocycles. The van der Waals surface area contributed by atoms with E-state index in [1.54, 1.807) is 18.5 Å². The van der Waals surface area contributed by atoms with Gasteiger partial charge in [0.1, 0.15) is 16.9 Å². The summed E-state index contributed by atoms with van der Waals surface area (Å²) in [6.45, 7) is 6.85. The minimum Gasteiger partial charge on any atom is -0.487 e. The van der Waals surface area contributed by atoms with Crippen molar-refractivity contribution in [3.8, 4) is 5.75 Å². The van der Waals surface area contributed by atoms with Crippen molar-refractivity contribution in [2.75, 3.05) is 26.2 Å². The van der Waals surface area contributed by atoms with Crippen molar-refractivity contribution in [3.05, 3.63) is 23.5 Å². The molecule has 2 heterocycles. The van der Waals surface area contributed by atoms with Crippen LogP contribution in [-0.2, 0) is 0 Å². The van der Waals surface area contributed by atoms with Gasteiger partial charge in [0.25, 0.3) is 0 Å². The van der Waals surface area contributed by atoms with Crippen LogP contribution in [0.15, 0.2) is 18.5 Å². The largest absolute Gasteiger partial charge is 0.487 e. The molecule has 1 aliphatic heterocycles. The van der Waals surface area contributed by atoms with Crippen LogP contribution in [0.2, 0.25) is 5.02 Å². The predicted molar refractivity (Wildman–Crippen MR) is 82.8 cm³/mol. The van der Waals surface area contributed by atoms with Crippen molar-refractivity contribution in [2.45, 2.75) is 32.8 Å². The summed E-state index contributed by atoms with van der Waals surface area (Å²) in [5.41, 5.74) is 0. The molecule has 6 heteroatoms. The average Bonchev–Trinajstić information content (AvgIpc) is 2.51. The fraction of sp³-hybridized carbons (Fsp3) is 0.600. The number of rotatable bonds is 4. The Labute approximate surface area is 130 Å². The monoisotopic (exact) mass is 311 g/mol. The minimum atomic E-state index is -0.0156. The number of piperidine rings is 1. The summed E-state index contributed by atoms with van der Waals surface area (Å²) in [5, 5.41) is 0.504. The van der Waals surface area contributed by atoms with Gasteiger partial charge in [-0.1, -0.05) is 11.6 Å². The van der Waals surface area contributed by atoms with Crippen LogP contribution in [0.3, 0.4) is 0 Å². The van der Waals surface area contributed by atoms with Gasteiger partial charge in [0.05, 0.1) is 6.54 Å². The van der Waals surface area contributed by atoms with Gasteiger partial charge in [-0.05, 0) is 26.7 Å². The van der Waals surface area contributed by atoms with Crippen molar-refractivity contribution >= 4 is 17.6 Å². The van der Waals surface area contributed by atoms with Crippen LogP contribution in [0.5, 0.6) is 5.75 Å². The van der Waals surface area contributed by atoms with E-state index in [0.717, 1.165) is 32.5 Å². The maximum Gasteiger partial charge on any atom is 0.320 e. The predicted octanol–water partition coefficient (Wildman–Crippen LogP) is 3.04. The molecule has 21 heavy (non-hydrogen) atoms. The van der Waals surface area contributed by atoms with Crippen LogP contribution < -0.4 is 4.74 Å². The molecule has 2 rings (SSSR count). The average molecular weight is 312 g/mol. The summed E-state index contributed by atoms with van der Waals surface area (Å²) in [6.07, 6.45) is 5.08. The van der Waals surface area contributed by atoms with E-state index in [0.29, 0.717) is 17.3 Å². The smallest absolute Gasteiger partial charge is 0.320 e. The molecule has 0 N–H and O–H groups in total. The number of urea groups is 1. The van der Waals surface area contributed by atoms with Crippen molar-refractivity contribution in [2.24, 2.45) is 0 Å². The molecule has 1 saturated heterocycles. The fourth-order valence-electron chi connectivity index (χ4n) is 2.54. The number of aromatic nitrogens is 1. The number of carbonyl (C=O) groups excluding carboxylic acids is 1. The first kappa shape index (κ1) is 15.9. The second-order valence-electron chi connectivity index (χ2n) is 5.09. The maximum absolute atomic E-state index is 12.4. The normalized spacial score (nSPS) is 18.4. The molecule has 1 fully saturated rings. The second-order valence-corrected chi connectivity index (χ2v) is 5.50. The molecule has 0 bridgehead atoms. The van der Waals surface area contributed by atoms with Crippen LogP contribution in [0.4, 0.5) is 4.79 Å². The van der Waals surface area contributed by atoms with Gasteiger partial charge in [0.2, 0.25) is 0 Å². The highest BCUT2D eigenvalue weighted by Gasteiger charge is 2.27. The van der Waals surface area contributed by atoms with Gasteiger partial charge >= 0.3 is 6.03 Å². The fourth-order valence-corrected chi connectivity index (χ4v) is 2.70. The van der Waals surface area contributed by atoms with Crippen molar-refractivity contribution in [1.29, 1.82) is 0 Å². The zero-order valence-electron chi connectivity index (χ0n) is 12.6. The third-order valence-electron chi connectivity index (χ3n) is 3.71. The molecule has 0 radical (unpaired) electrons. The highest BCUT2D eigenvalue weighted by molar-refractivity contribution is 6.31. The Kier molecular flexibility index (Phi) is 5.67. The molecule has 0 saturated carbocycles. The van der Waals surface area contributed by atoms with Crippen molar-refractivity contribution in [1.82, 2.24) is 14.8 Å². The number of hydrogen-bond acceptors (Lipinski definition) is 3. The molecule has 5 nitrogen and oxygen atoms in total. The second kappa shape index (κ2) is 7.50. The quantitative estimate of drug-likeness (QED) is 0.858. The highest BCUT2D eigenvalue weighted by atomic mass is 35.5. The van der Waals surface area contributed by atoms with Gasteiger partial charge in [0, 0.05) is 38.1 Å². The van der Waals surface area contributed by atoms with Crippen LogP contribution >= 0.6 is 11.6 Å². The van der Waals surface area contributed by atoms with Crippen LogP contribution in [-0.4, -0.2) is 53.1 Å². The van der Waals surface area contributed by atoms with Crippen LogP contribution in [0.25, 0.3) is 0 Å². The molecule has 2 amide bonds. The first-order valence-electron chi connectivity index (χ1n) is 7.45. The first-order chi connectivity index (χ1) is 10.2. The molecule has 1 aliphatic rings. The Bertz CT molecular complexity index is 480. The third-order valence-corrected chi connectivity index (χ3v) is 4.00. The van der Waals surface area contributed by atoms with Gasteiger partial charge in [-0.25, -0.2) is 4.79 Å². The molecule has 116 valence electrons. The number of amides is 2. The lowest BCUT2D eigenvalue weighted by atomic mass is 10.1. The van der Waals surface area contributed by atoms with E-state index < -0.39 is 0 Å². The van der Waals surface area contributed by atoms with Gasteiger partial charge in [-0.2, -0.15) is 0 Å². The topological polar surface area (TPSA) is 45.7 Å². The summed E-state index contributed by atoms with van der Waals surface area (Å²) in [5.74, 6) is 0.633. The van der Waals surface area contributed by atoms with Crippen LogP contribution in [0, 0.1) is 0 Å². The molecule has 0 aromatic carbocycles. The molecule has 1 unspecified atom stereocenters. The Hall–Kier alpha value is -1.49. The summed E-state index contributed by atoms with van der Waals surface area (Å²) in [6, 6.07) is 1.85. The summed E-state index contributed by atoms with van der Waals surface area (Å²) < 4.78 is 5.93. The summed E-state index contributed by atoms with van der Waals surface area (Å²) in [4.78, 5) is 20.0. The zero-order chi connectivity index (χ0) is 15.2. The van der Waals surface area contributed by atoms with Crippen LogP contribution in [0.1, 0.15) is 26.7 Å². The Balaban J connectivity index is 1.98. The number of hydrogen-bond donors (Lipinski definition) is 0. The molecule has 1 aromatic rings. The Morgan fingerprint density at radius 2 is 2.29 bits per heavy atom. The lowest BCUT2D eigenvalue weighted by Gasteiger charge is -2.36. The number of pyridine rings is 1. The Morgan fingerprint density at radius 1 is 1.52 bits per heavy atom. The summed E-state index contributed by atoms with van der Waals surface area (Å²) in [7, 11) is 0. The number of carbonyl (C=O) groups is 1. The zero-order valence-corrected chi connectivity index (χ0v) is 13.3. The molecule has 1 atom stereocenters. The summed E-state index contributed by atoms with van der Waals surface area (Å²) >= 11 is 6.06. The molecular weight excluding hydrogens is 290 g/mol. The van der Waals surface area contributed by atoms with Crippen molar-refractivity contribution < 1.29 is 9.53 Å². The molecular formula is C15H22ClN3O2. The molecule has 1 aromatic heterocycles.